The summed E-state index contributed by atoms with van der Waals surface area (Å²) < 4.78 is 0. The Balaban J connectivity index is 2.22. The van der Waals surface area contributed by atoms with Gasteiger partial charge < -0.3 is 11.1 Å². The number of nitrogens with one attached hydrogen (secondary N) is 1. The molecule has 3 nitrogen and oxygen atoms in total. The highest BCUT2D eigenvalue weighted by Crippen LogP contribution is 2.63. The Morgan fingerprint density at radius 2 is 1.78 bits per heavy atom. The van der Waals surface area contributed by atoms with E-state index in [1.165, 1.54) is 0 Å². The summed E-state index contributed by atoms with van der Waals surface area (Å²) in [4.78, 5) is 11.5. The first-order valence-electron chi connectivity index (χ1n) is 6.35. The van der Waals surface area contributed by atoms with Crippen LogP contribution in [-0.4, -0.2) is 11.8 Å². The second-order valence-corrected chi connectivity index (χ2v) is 6.38. The van der Waals surface area contributed by atoms with Crippen LogP contribution in [0.15, 0.2) is 18.2 Å². The summed E-state index contributed by atoms with van der Waals surface area (Å²) in [5.74, 6) is 0.00506. The molecule has 0 atom stereocenters. The maximum atomic E-state index is 11.5. The molecule has 0 bridgehead atoms. The number of ketones is 1. The number of Topliss-reactive ketones (excluding diaryl/α,β-unsaturated/α-hetero) is 1. The Hall–Kier alpha value is -1.51. The largest absolute Gasteiger partial charge is 0.398 e. The van der Waals surface area contributed by atoms with Gasteiger partial charge in [0, 0.05) is 23.0 Å². The van der Waals surface area contributed by atoms with Gasteiger partial charge in [0.1, 0.15) is 0 Å². The van der Waals surface area contributed by atoms with E-state index in [0.29, 0.717) is 17.3 Å². The summed E-state index contributed by atoms with van der Waals surface area (Å²) in [6.07, 6.45) is 0. The zero-order valence-electron chi connectivity index (χ0n) is 11.8. The molecule has 3 heteroatoms. The Labute approximate surface area is 109 Å². The number of rotatable bonds is 3. The third kappa shape index (κ3) is 1.78. The normalized spacial score (nSPS) is 20.5. The van der Waals surface area contributed by atoms with Gasteiger partial charge in [0.2, 0.25) is 0 Å². The van der Waals surface area contributed by atoms with Gasteiger partial charge in [0.05, 0.1) is 0 Å². The highest BCUT2D eigenvalue weighted by molar-refractivity contribution is 6.00. The molecule has 18 heavy (non-hydrogen) atoms. The van der Waals surface area contributed by atoms with Gasteiger partial charge in [-0.2, -0.15) is 0 Å². The van der Waals surface area contributed by atoms with Crippen LogP contribution in [0.2, 0.25) is 0 Å². The van der Waals surface area contributed by atoms with E-state index >= 15 is 0 Å². The Morgan fingerprint density at radius 3 is 2.22 bits per heavy atom. The topological polar surface area (TPSA) is 55.1 Å². The highest BCUT2D eigenvalue weighted by Gasteiger charge is 2.64. The van der Waals surface area contributed by atoms with Crippen molar-refractivity contribution in [3.05, 3.63) is 23.8 Å². The molecule has 0 saturated heterocycles. The summed E-state index contributed by atoms with van der Waals surface area (Å²) in [7, 11) is 0. The minimum absolute atomic E-state index is 0.00506. The van der Waals surface area contributed by atoms with E-state index in [1.54, 1.807) is 13.0 Å². The third-order valence-electron chi connectivity index (χ3n) is 4.76. The van der Waals surface area contributed by atoms with Gasteiger partial charge >= 0.3 is 0 Å². The van der Waals surface area contributed by atoms with Crippen molar-refractivity contribution >= 4 is 17.2 Å². The van der Waals surface area contributed by atoms with Crippen molar-refractivity contribution in [1.29, 1.82) is 0 Å². The first-order chi connectivity index (χ1) is 8.18. The van der Waals surface area contributed by atoms with Crippen LogP contribution in [-0.2, 0) is 0 Å². The van der Waals surface area contributed by atoms with Crippen molar-refractivity contribution in [3.63, 3.8) is 0 Å². The molecule has 1 aromatic rings. The fraction of sp³-hybridized carbons (Fsp3) is 0.533. The van der Waals surface area contributed by atoms with E-state index in [1.807, 2.05) is 12.1 Å². The van der Waals surface area contributed by atoms with Crippen LogP contribution in [0.5, 0.6) is 0 Å². The maximum absolute atomic E-state index is 11.5. The highest BCUT2D eigenvalue weighted by atomic mass is 16.1. The lowest BCUT2D eigenvalue weighted by atomic mass is 10.0. The number of benzene rings is 1. The molecule has 1 aliphatic rings. The lowest BCUT2D eigenvalue weighted by Gasteiger charge is -2.10. The molecule has 0 amide bonds. The average molecular weight is 246 g/mol. The molecule has 0 unspecified atom stereocenters. The number of anilines is 2. The second kappa shape index (κ2) is 3.74. The van der Waals surface area contributed by atoms with Gasteiger partial charge in [-0.3, -0.25) is 4.79 Å². The number of hydrogen-bond donors (Lipinski definition) is 2. The Morgan fingerprint density at radius 1 is 1.22 bits per heavy atom. The molecule has 0 aromatic heterocycles. The van der Waals surface area contributed by atoms with E-state index in [4.69, 9.17) is 5.73 Å². The molecule has 0 aliphatic heterocycles. The SMILES string of the molecule is CC(=O)c1cc(NC2C(C)(C)C2(C)C)ccc1N. The summed E-state index contributed by atoms with van der Waals surface area (Å²) >= 11 is 0. The molecule has 98 valence electrons. The Kier molecular flexibility index (Phi) is 2.69. The molecule has 1 aliphatic carbocycles. The van der Waals surface area contributed by atoms with Crippen molar-refractivity contribution in [1.82, 2.24) is 0 Å². The third-order valence-corrected chi connectivity index (χ3v) is 4.76. The van der Waals surface area contributed by atoms with Gasteiger partial charge in [-0.05, 0) is 36.0 Å². The summed E-state index contributed by atoms with van der Waals surface area (Å²) in [6, 6.07) is 6.00. The van der Waals surface area contributed by atoms with E-state index in [0.717, 1.165) is 5.69 Å². The monoisotopic (exact) mass is 246 g/mol. The lowest BCUT2D eigenvalue weighted by Crippen LogP contribution is -2.11. The number of carbonyl (C=O) groups excluding carboxylic acids is 1. The smallest absolute Gasteiger partial charge is 0.161 e. The van der Waals surface area contributed by atoms with Crippen LogP contribution in [0.1, 0.15) is 45.0 Å². The Bertz CT molecular complexity index is 489. The van der Waals surface area contributed by atoms with Gasteiger partial charge in [-0.1, -0.05) is 27.7 Å². The fourth-order valence-corrected chi connectivity index (χ4v) is 2.67. The van der Waals surface area contributed by atoms with Gasteiger partial charge in [0.15, 0.2) is 5.78 Å². The van der Waals surface area contributed by atoms with Gasteiger partial charge in [0.25, 0.3) is 0 Å². The molecule has 3 N–H and O–H groups in total. The zero-order chi connectivity index (χ0) is 13.7. The molecular formula is C15H22N2O. The molecule has 1 fully saturated rings. The van der Waals surface area contributed by atoms with Crippen molar-refractivity contribution in [2.75, 3.05) is 11.1 Å². The number of nitrogens with two attached hydrogens (primary N) is 1. The van der Waals surface area contributed by atoms with Crippen molar-refractivity contribution in [2.24, 2.45) is 10.8 Å². The van der Waals surface area contributed by atoms with Gasteiger partial charge in [-0.15, -0.1) is 0 Å². The molecule has 0 spiro atoms. The zero-order valence-corrected chi connectivity index (χ0v) is 11.8. The summed E-state index contributed by atoms with van der Waals surface area (Å²) in [6.45, 7) is 10.6. The molecule has 0 heterocycles. The molecule has 2 rings (SSSR count). The van der Waals surface area contributed by atoms with Crippen LogP contribution >= 0.6 is 0 Å². The molecule has 1 aromatic carbocycles. The quantitative estimate of drug-likeness (QED) is 0.635. The minimum atomic E-state index is 0.00506. The fourth-order valence-electron chi connectivity index (χ4n) is 2.67. The van der Waals surface area contributed by atoms with E-state index in [2.05, 4.69) is 33.0 Å². The first kappa shape index (κ1) is 12.9. The minimum Gasteiger partial charge on any atom is -0.398 e. The second-order valence-electron chi connectivity index (χ2n) is 6.38. The number of nitrogen functional groups attached to an aromatic ring is 1. The molecular weight excluding hydrogens is 224 g/mol. The molecule has 1 saturated carbocycles. The van der Waals surface area contributed by atoms with Crippen LogP contribution < -0.4 is 11.1 Å². The molecule has 0 radical (unpaired) electrons. The van der Waals surface area contributed by atoms with Crippen LogP contribution in [0.4, 0.5) is 11.4 Å². The number of carbonyl (C=O) groups is 1. The van der Waals surface area contributed by atoms with E-state index in [-0.39, 0.29) is 16.6 Å². The predicted octanol–water partition coefficient (Wildman–Crippen LogP) is 3.32. The number of hydrogen-bond acceptors (Lipinski definition) is 3. The van der Waals surface area contributed by atoms with Crippen molar-refractivity contribution in [2.45, 2.75) is 40.7 Å². The standard InChI is InChI=1S/C15H22N2O/c1-9(18)11-8-10(6-7-12(11)16)17-13-14(2,3)15(13,4)5/h6-8,13,17H,16H2,1-5H3. The van der Waals surface area contributed by atoms with Gasteiger partial charge in [-0.25, -0.2) is 0 Å². The maximum Gasteiger partial charge on any atom is 0.161 e. The average Bonchev–Trinajstić information content (AvgIpc) is 2.63. The summed E-state index contributed by atoms with van der Waals surface area (Å²) in [5, 5.41) is 3.51. The van der Waals surface area contributed by atoms with Crippen molar-refractivity contribution < 1.29 is 4.79 Å². The summed E-state index contributed by atoms with van der Waals surface area (Å²) in [5.41, 5.74) is 8.44. The van der Waals surface area contributed by atoms with E-state index < -0.39 is 0 Å². The van der Waals surface area contributed by atoms with Crippen molar-refractivity contribution in [3.8, 4) is 0 Å². The lowest BCUT2D eigenvalue weighted by molar-refractivity contribution is 0.101. The first-order valence-corrected chi connectivity index (χ1v) is 6.35. The van der Waals surface area contributed by atoms with Crippen LogP contribution in [0.25, 0.3) is 0 Å². The predicted molar refractivity (Wildman–Crippen MR) is 75.8 cm³/mol. The van der Waals surface area contributed by atoms with Crippen LogP contribution in [0, 0.1) is 10.8 Å². The van der Waals surface area contributed by atoms with Crippen LogP contribution in [0.3, 0.4) is 0 Å². The van der Waals surface area contributed by atoms with E-state index in [9.17, 15) is 4.79 Å².